The van der Waals surface area contributed by atoms with E-state index in [1.165, 1.54) is 87.7 Å². The standard InChI is InChI=1S/C39H63N3O2/c1-8-15-32(5)41-29-37-31(4)25-30(3)26-36(37)33-19-22-42(23-20-33)21-13-11-10-12-14-24-44-39-27-34(17-18-38(39)43-7)35(16-9-2)28-40-6/h9,17-18,25-27,32-33,35,40-41H,2,8,10-16,19-24,28-29H2,1,3-7H3. The van der Waals surface area contributed by atoms with Crippen molar-refractivity contribution in [2.45, 2.75) is 116 Å². The third-order valence-corrected chi connectivity index (χ3v) is 9.47. The summed E-state index contributed by atoms with van der Waals surface area (Å²) in [5.41, 5.74) is 7.29. The molecule has 2 N–H and O–H groups in total. The van der Waals surface area contributed by atoms with Gasteiger partial charge >= 0.3 is 0 Å². The summed E-state index contributed by atoms with van der Waals surface area (Å²) in [6.45, 7) is 19.4. The first kappa shape index (κ1) is 36.1. The monoisotopic (exact) mass is 605 g/mol. The van der Waals surface area contributed by atoms with Gasteiger partial charge in [-0.2, -0.15) is 0 Å². The molecule has 0 spiro atoms. The number of likely N-dealkylation sites (N-methyl/N-ethyl adjacent to an activating group) is 1. The first-order valence-electron chi connectivity index (χ1n) is 17.5. The van der Waals surface area contributed by atoms with Crippen LogP contribution in [-0.2, 0) is 6.54 Å². The summed E-state index contributed by atoms with van der Waals surface area (Å²) in [7, 11) is 3.71. The number of unbranched alkanes of at least 4 members (excludes halogenated alkanes) is 4. The summed E-state index contributed by atoms with van der Waals surface area (Å²) in [5.74, 6) is 2.75. The summed E-state index contributed by atoms with van der Waals surface area (Å²) in [6.07, 6.45) is 14.1. The van der Waals surface area contributed by atoms with E-state index in [4.69, 9.17) is 9.47 Å². The number of ether oxygens (including phenoxy) is 2. The van der Waals surface area contributed by atoms with E-state index in [9.17, 15) is 0 Å². The summed E-state index contributed by atoms with van der Waals surface area (Å²) < 4.78 is 11.8. The minimum absolute atomic E-state index is 0.391. The highest BCUT2D eigenvalue weighted by molar-refractivity contribution is 5.44. The fourth-order valence-corrected chi connectivity index (χ4v) is 6.91. The number of methoxy groups -OCH3 is 1. The van der Waals surface area contributed by atoms with Gasteiger partial charge in [-0.1, -0.05) is 62.4 Å². The van der Waals surface area contributed by atoms with Gasteiger partial charge < -0.3 is 25.0 Å². The molecule has 5 heteroatoms. The van der Waals surface area contributed by atoms with Crippen molar-refractivity contribution in [2.24, 2.45) is 0 Å². The van der Waals surface area contributed by atoms with Crippen molar-refractivity contribution in [3.05, 3.63) is 70.8 Å². The summed E-state index contributed by atoms with van der Waals surface area (Å²) >= 11 is 0. The van der Waals surface area contributed by atoms with Crippen LogP contribution in [0.2, 0.25) is 0 Å². The van der Waals surface area contributed by atoms with Crippen LogP contribution in [0, 0.1) is 13.8 Å². The summed E-state index contributed by atoms with van der Waals surface area (Å²) in [5, 5.41) is 7.10. The van der Waals surface area contributed by atoms with Gasteiger partial charge in [-0.15, -0.1) is 6.58 Å². The van der Waals surface area contributed by atoms with Crippen LogP contribution >= 0.6 is 0 Å². The van der Waals surface area contributed by atoms with Crippen molar-refractivity contribution < 1.29 is 9.47 Å². The van der Waals surface area contributed by atoms with E-state index in [1.54, 1.807) is 18.2 Å². The highest BCUT2D eigenvalue weighted by Gasteiger charge is 2.23. The van der Waals surface area contributed by atoms with Crippen LogP contribution in [0.4, 0.5) is 0 Å². The van der Waals surface area contributed by atoms with E-state index in [0.717, 1.165) is 44.0 Å². The molecule has 0 aliphatic carbocycles. The van der Waals surface area contributed by atoms with Crippen molar-refractivity contribution in [3.63, 3.8) is 0 Å². The molecule has 0 aromatic heterocycles. The maximum atomic E-state index is 6.20. The second-order valence-electron chi connectivity index (χ2n) is 13.1. The lowest BCUT2D eigenvalue weighted by molar-refractivity contribution is 0.207. The Balaban J connectivity index is 1.35. The third-order valence-electron chi connectivity index (χ3n) is 9.47. The maximum absolute atomic E-state index is 6.20. The Labute approximate surface area is 270 Å². The predicted octanol–water partition coefficient (Wildman–Crippen LogP) is 8.68. The average Bonchev–Trinajstić information content (AvgIpc) is 3.02. The highest BCUT2D eigenvalue weighted by atomic mass is 16.5. The van der Waals surface area contributed by atoms with E-state index in [0.29, 0.717) is 17.9 Å². The van der Waals surface area contributed by atoms with Crippen LogP contribution in [-0.4, -0.2) is 57.9 Å². The topological polar surface area (TPSA) is 45.8 Å². The van der Waals surface area contributed by atoms with Crippen LogP contribution < -0.4 is 20.1 Å². The Hall–Kier alpha value is -2.34. The molecule has 5 nitrogen and oxygen atoms in total. The lowest BCUT2D eigenvalue weighted by Gasteiger charge is -2.34. The molecule has 2 unspecified atom stereocenters. The van der Waals surface area contributed by atoms with Crippen molar-refractivity contribution in [2.75, 3.05) is 46.9 Å². The number of allylic oxidation sites excluding steroid dienone is 1. The molecule has 1 aliphatic heterocycles. The molecule has 3 rings (SSSR count). The number of likely N-dealkylation sites (tertiary alicyclic amines) is 1. The fourth-order valence-electron chi connectivity index (χ4n) is 6.91. The zero-order valence-electron chi connectivity index (χ0n) is 29.0. The molecule has 0 amide bonds. The number of nitrogens with one attached hydrogen (secondary N) is 2. The highest BCUT2D eigenvalue weighted by Crippen LogP contribution is 2.34. The van der Waals surface area contributed by atoms with Gasteiger partial charge in [-0.25, -0.2) is 0 Å². The molecule has 1 aliphatic rings. The van der Waals surface area contributed by atoms with Gasteiger partial charge in [0.1, 0.15) is 0 Å². The Morgan fingerprint density at radius 2 is 1.77 bits per heavy atom. The van der Waals surface area contributed by atoms with Gasteiger partial charge in [0.15, 0.2) is 11.5 Å². The molecule has 1 heterocycles. The molecule has 0 saturated carbocycles. The average molecular weight is 606 g/mol. The first-order valence-corrected chi connectivity index (χ1v) is 17.5. The zero-order chi connectivity index (χ0) is 31.7. The Morgan fingerprint density at radius 3 is 2.48 bits per heavy atom. The smallest absolute Gasteiger partial charge is 0.161 e. The fraction of sp³-hybridized carbons (Fsp3) is 0.641. The molecule has 44 heavy (non-hydrogen) atoms. The lowest BCUT2D eigenvalue weighted by Crippen LogP contribution is -2.34. The Bertz CT molecular complexity index is 1110. The van der Waals surface area contributed by atoms with Gasteiger partial charge in [0, 0.05) is 19.1 Å². The van der Waals surface area contributed by atoms with Crippen molar-refractivity contribution in [1.82, 2.24) is 15.5 Å². The van der Waals surface area contributed by atoms with Gasteiger partial charge in [0.25, 0.3) is 0 Å². The number of aryl methyl sites for hydroxylation is 2. The molecule has 0 radical (unpaired) electrons. The zero-order valence-corrected chi connectivity index (χ0v) is 29.0. The Morgan fingerprint density at radius 1 is 1.02 bits per heavy atom. The molecule has 1 saturated heterocycles. The van der Waals surface area contributed by atoms with E-state index in [2.05, 4.69) is 74.1 Å². The lowest BCUT2D eigenvalue weighted by atomic mass is 9.83. The molecule has 1 fully saturated rings. The molecule has 2 atom stereocenters. The van der Waals surface area contributed by atoms with Crippen molar-refractivity contribution in [1.29, 1.82) is 0 Å². The minimum Gasteiger partial charge on any atom is -0.493 e. The van der Waals surface area contributed by atoms with Crippen LogP contribution in [0.3, 0.4) is 0 Å². The van der Waals surface area contributed by atoms with Crippen molar-refractivity contribution in [3.8, 4) is 11.5 Å². The number of hydrogen-bond donors (Lipinski definition) is 2. The van der Waals surface area contributed by atoms with E-state index in [1.807, 2.05) is 19.2 Å². The SMILES string of the molecule is C=CCC(CNC)c1ccc(OC)c(OCCCCCCCN2CCC(c3cc(C)cc(C)c3CNC(C)CCC)CC2)c1. The van der Waals surface area contributed by atoms with Crippen LogP contribution in [0.5, 0.6) is 11.5 Å². The molecular weight excluding hydrogens is 542 g/mol. The number of benzene rings is 2. The van der Waals surface area contributed by atoms with E-state index >= 15 is 0 Å². The largest absolute Gasteiger partial charge is 0.493 e. The molecule has 2 aromatic rings. The van der Waals surface area contributed by atoms with Gasteiger partial charge in [-0.05, 0) is 132 Å². The van der Waals surface area contributed by atoms with Crippen LogP contribution in [0.1, 0.15) is 118 Å². The van der Waals surface area contributed by atoms with E-state index < -0.39 is 0 Å². The predicted molar refractivity (Wildman–Crippen MR) is 189 cm³/mol. The first-order chi connectivity index (χ1) is 21.4. The number of nitrogens with zero attached hydrogens (tertiary/aromatic N) is 1. The summed E-state index contributed by atoms with van der Waals surface area (Å²) in [4.78, 5) is 2.70. The minimum atomic E-state index is 0.391. The Kier molecular flexibility index (Phi) is 16.4. The normalized spacial score (nSPS) is 15.7. The van der Waals surface area contributed by atoms with Crippen LogP contribution in [0.25, 0.3) is 0 Å². The third kappa shape index (κ3) is 11.5. The quantitative estimate of drug-likeness (QED) is 0.110. The molecule has 0 bridgehead atoms. The van der Waals surface area contributed by atoms with E-state index in [-0.39, 0.29) is 0 Å². The molecular formula is C39H63N3O2. The van der Waals surface area contributed by atoms with Gasteiger partial charge in [0.05, 0.1) is 13.7 Å². The number of piperidine rings is 1. The maximum Gasteiger partial charge on any atom is 0.161 e. The van der Waals surface area contributed by atoms with Gasteiger partial charge in [-0.3, -0.25) is 0 Å². The second-order valence-corrected chi connectivity index (χ2v) is 13.1. The number of hydrogen-bond acceptors (Lipinski definition) is 5. The molecule has 2 aromatic carbocycles. The summed E-state index contributed by atoms with van der Waals surface area (Å²) in [6, 6.07) is 11.8. The molecule has 246 valence electrons. The number of rotatable bonds is 21. The second kappa shape index (κ2) is 19.9. The van der Waals surface area contributed by atoms with Gasteiger partial charge in [0.2, 0.25) is 0 Å². The van der Waals surface area contributed by atoms with Crippen LogP contribution in [0.15, 0.2) is 43.0 Å². The van der Waals surface area contributed by atoms with Crippen molar-refractivity contribution >= 4 is 0 Å².